The Morgan fingerprint density at radius 3 is 2.19 bits per heavy atom. The Morgan fingerprint density at radius 2 is 1.52 bits per heavy atom. The van der Waals surface area contributed by atoms with Crippen molar-refractivity contribution in [1.82, 2.24) is 9.97 Å². The SMILES string of the molecule is Nc1cnc(-c2ccc(OCc3ccccc3)cc2)nc1. The van der Waals surface area contributed by atoms with Crippen LogP contribution in [-0.4, -0.2) is 9.97 Å². The molecule has 0 amide bonds. The van der Waals surface area contributed by atoms with Gasteiger partial charge in [0, 0.05) is 5.56 Å². The predicted molar refractivity (Wildman–Crippen MR) is 82.7 cm³/mol. The van der Waals surface area contributed by atoms with Crippen LogP contribution in [0.2, 0.25) is 0 Å². The van der Waals surface area contributed by atoms with Crippen molar-refractivity contribution in [3.63, 3.8) is 0 Å². The van der Waals surface area contributed by atoms with Gasteiger partial charge in [-0.15, -0.1) is 0 Å². The van der Waals surface area contributed by atoms with Crippen molar-refractivity contribution in [3.8, 4) is 17.1 Å². The van der Waals surface area contributed by atoms with Gasteiger partial charge in [-0.3, -0.25) is 0 Å². The topological polar surface area (TPSA) is 61.0 Å². The van der Waals surface area contributed by atoms with Gasteiger partial charge in [0.15, 0.2) is 5.82 Å². The molecule has 4 heteroatoms. The first-order chi connectivity index (χ1) is 10.3. The number of hydrogen-bond donors (Lipinski definition) is 1. The summed E-state index contributed by atoms with van der Waals surface area (Å²) in [5, 5.41) is 0. The Balaban J connectivity index is 1.68. The van der Waals surface area contributed by atoms with Gasteiger partial charge in [-0.05, 0) is 29.8 Å². The Hall–Kier alpha value is -2.88. The van der Waals surface area contributed by atoms with Crippen LogP contribution in [-0.2, 0) is 6.61 Å². The molecule has 104 valence electrons. The lowest BCUT2D eigenvalue weighted by Crippen LogP contribution is -1.95. The predicted octanol–water partition coefficient (Wildman–Crippen LogP) is 3.30. The molecular formula is C17H15N3O. The number of rotatable bonds is 4. The largest absolute Gasteiger partial charge is 0.489 e. The summed E-state index contributed by atoms with van der Waals surface area (Å²) < 4.78 is 5.74. The van der Waals surface area contributed by atoms with Crippen LogP contribution in [0.3, 0.4) is 0 Å². The van der Waals surface area contributed by atoms with E-state index in [1.165, 1.54) is 0 Å². The first-order valence-corrected chi connectivity index (χ1v) is 6.66. The summed E-state index contributed by atoms with van der Waals surface area (Å²) in [6.45, 7) is 0.554. The molecule has 21 heavy (non-hydrogen) atoms. The third-order valence-corrected chi connectivity index (χ3v) is 3.03. The van der Waals surface area contributed by atoms with E-state index in [-0.39, 0.29) is 0 Å². The van der Waals surface area contributed by atoms with Crippen molar-refractivity contribution >= 4 is 5.69 Å². The second-order valence-electron chi connectivity index (χ2n) is 4.64. The van der Waals surface area contributed by atoms with Crippen LogP contribution in [0.15, 0.2) is 67.0 Å². The Kier molecular flexibility index (Phi) is 3.78. The summed E-state index contributed by atoms with van der Waals surface area (Å²) in [5.74, 6) is 1.47. The van der Waals surface area contributed by atoms with Crippen molar-refractivity contribution in [2.24, 2.45) is 0 Å². The van der Waals surface area contributed by atoms with Gasteiger partial charge >= 0.3 is 0 Å². The quantitative estimate of drug-likeness (QED) is 0.794. The second kappa shape index (κ2) is 6.05. The van der Waals surface area contributed by atoms with Crippen molar-refractivity contribution in [1.29, 1.82) is 0 Å². The Labute approximate surface area is 123 Å². The number of nitrogen functional groups attached to an aromatic ring is 1. The van der Waals surface area contributed by atoms with E-state index in [1.807, 2.05) is 54.6 Å². The van der Waals surface area contributed by atoms with Crippen molar-refractivity contribution in [3.05, 3.63) is 72.6 Å². The van der Waals surface area contributed by atoms with E-state index in [2.05, 4.69) is 9.97 Å². The zero-order valence-corrected chi connectivity index (χ0v) is 11.4. The number of anilines is 1. The third-order valence-electron chi connectivity index (χ3n) is 3.03. The van der Waals surface area contributed by atoms with Crippen molar-refractivity contribution < 1.29 is 4.74 Å². The molecule has 3 rings (SSSR count). The molecule has 0 aliphatic carbocycles. The standard InChI is InChI=1S/C17H15N3O/c18-15-10-19-17(20-11-15)14-6-8-16(9-7-14)21-12-13-4-2-1-3-5-13/h1-11H,12,18H2. The van der Waals surface area contributed by atoms with Crippen LogP contribution in [0, 0.1) is 0 Å². The van der Waals surface area contributed by atoms with E-state index >= 15 is 0 Å². The number of nitrogens with two attached hydrogens (primary N) is 1. The molecule has 0 aliphatic heterocycles. The summed E-state index contributed by atoms with van der Waals surface area (Å²) in [7, 11) is 0. The minimum atomic E-state index is 0.554. The fourth-order valence-corrected chi connectivity index (χ4v) is 1.93. The van der Waals surface area contributed by atoms with Crippen LogP contribution in [0.1, 0.15) is 5.56 Å². The fourth-order valence-electron chi connectivity index (χ4n) is 1.93. The third kappa shape index (κ3) is 3.36. The van der Waals surface area contributed by atoms with E-state index < -0.39 is 0 Å². The molecular weight excluding hydrogens is 262 g/mol. The molecule has 0 spiro atoms. The minimum Gasteiger partial charge on any atom is -0.489 e. The number of benzene rings is 2. The van der Waals surface area contributed by atoms with Crippen LogP contribution in [0.5, 0.6) is 5.75 Å². The number of ether oxygens (including phenoxy) is 1. The smallest absolute Gasteiger partial charge is 0.159 e. The fraction of sp³-hybridized carbons (Fsp3) is 0.0588. The lowest BCUT2D eigenvalue weighted by molar-refractivity contribution is 0.306. The summed E-state index contributed by atoms with van der Waals surface area (Å²) in [6.07, 6.45) is 3.20. The van der Waals surface area contributed by atoms with E-state index in [9.17, 15) is 0 Å². The average molecular weight is 277 g/mol. The molecule has 2 N–H and O–H groups in total. The van der Waals surface area contributed by atoms with Crippen LogP contribution in [0.25, 0.3) is 11.4 Å². The molecule has 1 heterocycles. The van der Waals surface area contributed by atoms with Crippen molar-refractivity contribution in [2.45, 2.75) is 6.61 Å². The molecule has 0 saturated carbocycles. The van der Waals surface area contributed by atoms with Crippen molar-refractivity contribution in [2.75, 3.05) is 5.73 Å². The highest BCUT2D eigenvalue weighted by molar-refractivity contribution is 5.56. The van der Waals surface area contributed by atoms with Crippen LogP contribution < -0.4 is 10.5 Å². The number of nitrogens with zero attached hydrogens (tertiary/aromatic N) is 2. The zero-order chi connectivity index (χ0) is 14.5. The first kappa shape index (κ1) is 13.1. The Morgan fingerprint density at radius 1 is 0.857 bits per heavy atom. The van der Waals surface area contributed by atoms with Gasteiger partial charge in [0.05, 0.1) is 18.1 Å². The average Bonchev–Trinajstić information content (AvgIpc) is 2.55. The summed E-state index contributed by atoms with van der Waals surface area (Å²) in [6, 6.07) is 17.8. The minimum absolute atomic E-state index is 0.554. The highest BCUT2D eigenvalue weighted by atomic mass is 16.5. The molecule has 1 aromatic heterocycles. The van der Waals surface area contributed by atoms with E-state index in [1.54, 1.807) is 12.4 Å². The molecule has 4 nitrogen and oxygen atoms in total. The normalized spacial score (nSPS) is 10.3. The maximum Gasteiger partial charge on any atom is 0.159 e. The highest BCUT2D eigenvalue weighted by Crippen LogP contribution is 2.20. The highest BCUT2D eigenvalue weighted by Gasteiger charge is 2.01. The first-order valence-electron chi connectivity index (χ1n) is 6.66. The molecule has 3 aromatic rings. The molecule has 0 atom stereocenters. The number of aromatic nitrogens is 2. The van der Waals surface area contributed by atoms with Gasteiger partial charge in [-0.1, -0.05) is 30.3 Å². The zero-order valence-electron chi connectivity index (χ0n) is 11.4. The monoisotopic (exact) mass is 277 g/mol. The lowest BCUT2D eigenvalue weighted by Gasteiger charge is -2.07. The summed E-state index contributed by atoms with van der Waals surface area (Å²) in [5.41, 5.74) is 8.21. The lowest BCUT2D eigenvalue weighted by atomic mass is 10.2. The van der Waals surface area contributed by atoms with E-state index in [0.717, 1.165) is 16.9 Å². The van der Waals surface area contributed by atoms with Gasteiger partial charge in [0.2, 0.25) is 0 Å². The maximum atomic E-state index is 5.74. The van der Waals surface area contributed by atoms with Crippen LogP contribution >= 0.6 is 0 Å². The summed E-state index contributed by atoms with van der Waals surface area (Å²) in [4.78, 5) is 8.39. The maximum absolute atomic E-state index is 5.74. The van der Waals surface area contributed by atoms with Gasteiger partial charge < -0.3 is 10.5 Å². The van der Waals surface area contributed by atoms with E-state index in [4.69, 9.17) is 10.5 Å². The Bertz CT molecular complexity index is 694. The molecule has 0 radical (unpaired) electrons. The molecule has 2 aromatic carbocycles. The molecule has 0 aliphatic rings. The van der Waals surface area contributed by atoms with Gasteiger partial charge in [-0.25, -0.2) is 9.97 Å². The van der Waals surface area contributed by atoms with Gasteiger partial charge in [0.25, 0.3) is 0 Å². The van der Waals surface area contributed by atoms with E-state index in [0.29, 0.717) is 18.1 Å². The number of hydrogen-bond acceptors (Lipinski definition) is 4. The second-order valence-corrected chi connectivity index (χ2v) is 4.64. The molecule has 0 saturated heterocycles. The van der Waals surface area contributed by atoms with Gasteiger partial charge in [-0.2, -0.15) is 0 Å². The molecule has 0 bridgehead atoms. The molecule has 0 fully saturated rings. The molecule has 0 unspecified atom stereocenters. The summed E-state index contributed by atoms with van der Waals surface area (Å²) >= 11 is 0. The van der Waals surface area contributed by atoms with Gasteiger partial charge in [0.1, 0.15) is 12.4 Å². The van der Waals surface area contributed by atoms with Crippen LogP contribution in [0.4, 0.5) is 5.69 Å².